The summed E-state index contributed by atoms with van der Waals surface area (Å²) < 4.78 is 11.6. The van der Waals surface area contributed by atoms with Gasteiger partial charge >= 0.3 is 5.97 Å². The van der Waals surface area contributed by atoms with Crippen molar-refractivity contribution in [3.63, 3.8) is 0 Å². The Morgan fingerprint density at radius 1 is 1.21 bits per heavy atom. The van der Waals surface area contributed by atoms with Gasteiger partial charge in [-0.05, 0) is 50.7 Å². The van der Waals surface area contributed by atoms with Gasteiger partial charge in [-0.1, -0.05) is 0 Å². The van der Waals surface area contributed by atoms with Crippen LogP contribution in [-0.2, 0) is 22.4 Å². The first-order chi connectivity index (χ1) is 14.0. The van der Waals surface area contributed by atoms with Gasteiger partial charge in [0.15, 0.2) is 0 Å². The number of carbonyl (C=O) groups excluding carboxylic acids is 1. The fourth-order valence-corrected chi connectivity index (χ4v) is 4.47. The number of ether oxygens (including phenoxy) is 1. The van der Waals surface area contributed by atoms with Gasteiger partial charge in [0.25, 0.3) is 0 Å². The molecule has 1 fully saturated rings. The van der Waals surface area contributed by atoms with Gasteiger partial charge in [0.1, 0.15) is 17.1 Å². The van der Waals surface area contributed by atoms with E-state index in [1.165, 1.54) is 12.0 Å². The minimum atomic E-state index is -0.773. The normalized spacial score (nSPS) is 18.0. The van der Waals surface area contributed by atoms with Crippen molar-refractivity contribution in [2.45, 2.75) is 45.4 Å². The van der Waals surface area contributed by atoms with Crippen molar-refractivity contribution in [1.29, 1.82) is 0 Å². The van der Waals surface area contributed by atoms with E-state index in [1.54, 1.807) is 18.1 Å². The summed E-state index contributed by atoms with van der Waals surface area (Å²) in [5.41, 5.74) is 3.85. The van der Waals surface area contributed by atoms with Gasteiger partial charge < -0.3 is 19.2 Å². The molecule has 2 heterocycles. The molecule has 6 heteroatoms. The van der Waals surface area contributed by atoms with Crippen LogP contribution in [0, 0.1) is 5.92 Å². The highest BCUT2D eigenvalue weighted by atomic mass is 16.5. The first kappa shape index (κ1) is 19.6. The molecule has 0 unspecified atom stereocenters. The van der Waals surface area contributed by atoms with Crippen molar-refractivity contribution in [2.75, 3.05) is 20.2 Å². The molecule has 1 aliphatic heterocycles. The highest BCUT2D eigenvalue weighted by Crippen LogP contribution is 2.38. The second kappa shape index (κ2) is 7.93. The van der Waals surface area contributed by atoms with E-state index in [2.05, 4.69) is 6.07 Å². The third-order valence-corrected chi connectivity index (χ3v) is 6.20. The molecular weight excluding hydrogens is 370 g/mol. The number of rotatable bonds is 4. The zero-order valence-corrected chi connectivity index (χ0v) is 17.0. The van der Waals surface area contributed by atoms with Gasteiger partial charge in [0.05, 0.1) is 13.0 Å². The number of piperidine rings is 1. The van der Waals surface area contributed by atoms with Crippen LogP contribution in [0.25, 0.3) is 16.5 Å². The second-order valence-electron chi connectivity index (χ2n) is 8.02. The van der Waals surface area contributed by atoms with E-state index in [0.29, 0.717) is 31.7 Å². The Hall–Kier alpha value is -2.76. The molecule has 4 rings (SSSR count). The average Bonchev–Trinajstić information content (AvgIpc) is 3.10. The Bertz CT molecular complexity index is 979. The molecule has 1 N–H and O–H groups in total. The van der Waals surface area contributed by atoms with Gasteiger partial charge in [-0.25, -0.2) is 0 Å². The van der Waals surface area contributed by atoms with Crippen molar-refractivity contribution in [2.24, 2.45) is 5.92 Å². The van der Waals surface area contributed by atoms with Gasteiger partial charge in [0, 0.05) is 48.2 Å². The van der Waals surface area contributed by atoms with Gasteiger partial charge in [-0.15, -0.1) is 0 Å². The van der Waals surface area contributed by atoms with Crippen molar-refractivity contribution < 1.29 is 23.8 Å². The maximum absolute atomic E-state index is 12.7. The number of amides is 1. The van der Waals surface area contributed by atoms with E-state index in [9.17, 15) is 9.59 Å². The third kappa shape index (κ3) is 3.76. The summed E-state index contributed by atoms with van der Waals surface area (Å²) in [6.07, 6.45) is 6.97. The summed E-state index contributed by atoms with van der Waals surface area (Å²) in [4.78, 5) is 25.6. The average molecular weight is 397 g/mol. The molecule has 1 aromatic carbocycles. The topological polar surface area (TPSA) is 80.0 Å². The predicted molar refractivity (Wildman–Crippen MR) is 110 cm³/mol. The summed E-state index contributed by atoms with van der Waals surface area (Å²) in [7, 11) is 1.62. The van der Waals surface area contributed by atoms with E-state index < -0.39 is 5.97 Å². The lowest BCUT2D eigenvalue weighted by molar-refractivity contribution is -0.144. The molecular formula is C23H27NO5. The van der Waals surface area contributed by atoms with Crippen LogP contribution in [0.3, 0.4) is 0 Å². The summed E-state index contributed by atoms with van der Waals surface area (Å²) >= 11 is 0. The van der Waals surface area contributed by atoms with Crippen LogP contribution >= 0.6 is 0 Å². The molecule has 2 aromatic rings. The molecule has 1 amide bonds. The number of hydrogen-bond donors (Lipinski definition) is 1. The Labute approximate surface area is 170 Å². The van der Waals surface area contributed by atoms with Crippen LogP contribution in [0.5, 0.6) is 5.75 Å². The summed E-state index contributed by atoms with van der Waals surface area (Å²) in [5, 5.41) is 10.2. The van der Waals surface area contributed by atoms with Gasteiger partial charge in [-0.3, -0.25) is 9.59 Å². The largest absolute Gasteiger partial charge is 0.496 e. The molecule has 1 aromatic heterocycles. The minimum Gasteiger partial charge on any atom is -0.496 e. The lowest BCUT2D eigenvalue weighted by atomic mass is 9.94. The molecule has 29 heavy (non-hydrogen) atoms. The highest BCUT2D eigenvalue weighted by molar-refractivity contribution is 5.97. The highest BCUT2D eigenvalue weighted by Gasteiger charge is 2.26. The van der Waals surface area contributed by atoms with Gasteiger partial charge in [-0.2, -0.15) is 0 Å². The number of carbonyl (C=O) groups is 2. The lowest BCUT2D eigenvalue weighted by Gasteiger charge is -2.29. The number of allylic oxidation sites excluding steroid dienone is 1. The molecule has 6 nitrogen and oxygen atoms in total. The fraction of sp³-hybridized carbons (Fsp3) is 0.478. The maximum atomic E-state index is 12.7. The number of aryl methyl sites for hydroxylation is 2. The molecule has 2 aliphatic rings. The molecule has 0 spiro atoms. The SMILES string of the molecule is COc1cc2oc3c(c2cc1/C(C)=C/C(=O)N1CCC(C(=O)O)CC1)CCCC3. The number of carboxylic acids is 1. The van der Waals surface area contributed by atoms with E-state index in [-0.39, 0.29) is 11.8 Å². The number of methoxy groups -OCH3 is 1. The van der Waals surface area contributed by atoms with Crippen LogP contribution < -0.4 is 4.74 Å². The summed E-state index contributed by atoms with van der Waals surface area (Å²) in [6, 6.07) is 4.00. The number of benzene rings is 1. The Morgan fingerprint density at radius 3 is 2.62 bits per heavy atom. The zero-order chi connectivity index (χ0) is 20.5. The number of nitrogens with zero attached hydrogens (tertiary/aromatic N) is 1. The van der Waals surface area contributed by atoms with Crippen molar-refractivity contribution in [1.82, 2.24) is 4.90 Å². The van der Waals surface area contributed by atoms with Crippen LogP contribution in [0.1, 0.15) is 49.5 Å². The molecule has 0 saturated carbocycles. The first-order valence-electron chi connectivity index (χ1n) is 10.3. The monoisotopic (exact) mass is 397 g/mol. The minimum absolute atomic E-state index is 0.0808. The molecule has 154 valence electrons. The van der Waals surface area contributed by atoms with E-state index in [1.807, 2.05) is 13.0 Å². The number of carboxylic acid groups (broad SMARTS) is 1. The zero-order valence-electron chi connectivity index (χ0n) is 17.0. The Kier molecular flexibility index (Phi) is 5.35. The second-order valence-corrected chi connectivity index (χ2v) is 8.02. The summed E-state index contributed by atoms with van der Waals surface area (Å²) in [5.74, 6) is 0.561. The standard InChI is InChI=1S/C23H27NO5/c1-14(11-22(25)24-9-7-15(8-10-24)23(26)27)17-12-18-16-5-3-4-6-19(16)29-21(18)13-20(17)28-2/h11-13,15H,3-10H2,1-2H3,(H,26,27)/b14-11+. The van der Waals surface area contributed by atoms with E-state index in [0.717, 1.165) is 47.1 Å². The van der Waals surface area contributed by atoms with Crippen LogP contribution in [0.4, 0.5) is 0 Å². The number of aliphatic carboxylic acids is 1. The smallest absolute Gasteiger partial charge is 0.306 e. The van der Waals surface area contributed by atoms with Gasteiger partial charge in [0.2, 0.25) is 5.91 Å². The van der Waals surface area contributed by atoms with Crippen LogP contribution in [-0.4, -0.2) is 42.1 Å². The number of hydrogen-bond acceptors (Lipinski definition) is 4. The van der Waals surface area contributed by atoms with Crippen molar-refractivity contribution >= 4 is 28.4 Å². The third-order valence-electron chi connectivity index (χ3n) is 6.20. The summed E-state index contributed by atoms with van der Waals surface area (Å²) in [6.45, 7) is 2.87. The number of likely N-dealkylation sites (tertiary alicyclic amines) is 1. The first-order valence-corrected chi connectivity index (χ1v) is 10.3. The van der Waals surface area contributed by atoms with Crippen LogP contribution in [0.2, 0.25) is 0 Å². The predicted octanol–water partition coefficient (Wildman–Crippen LogP) is 4.05. The molecule has 0 bridgehead atoms. The van der Waals surface area contributed by atoms with Crippen molar-refractivity contribution in [3.8, 4) is 5.75 Å². The maximum Gasteiger partial charge on any atom is 0.306 e. The molecule has 1 saturated heterocycles. The number of furan rings is 1. The Balaban J connectivity index is 1.61. The quantitative estimate of drug-likeness (QED) is 0.788. The molecule has 0 atom stereocenters. The lowest BCUT2D eigenvalue weighted by Crippen LogP contribution is -2.39. The molecule has 0 radical (unpaired) electrons. The van der Waals surface area contributed by atoms with E-state index >= 15 is 0 Å². The number of fused-ring (bicyclic) bond motifs is 3. The van der Waals surface area contributed by atoms with E-state index in [4.69, 9.17) is 14.3 Å². The van der Waals surface area contributed by atoms with Crippen molar-refractivity contribution in [3.05, 3.63) is 35.1 Å². The molecule has 1 aliphatic carbocycles. The Morgan fingerprint density at radius 2 is 1.93 bits per heavy atom. The van der Waals surface area contributed by atoms with Crippen LogP contribution in [0.15, 0.2) is 22.6 Å². The fourth-order valence-electron chi connectivity index (χ4n) is 4.47.